The van der Waals surface area contributed by atoms with Crippen LogP contribution in [0, 0.1) is 0 Å². The average molecular weight is 411 g/mol. The zero-order valence-electron chi connectivity index (χ0n) is 16.1. The van der Waals surface area contributed by atoms with Gasteiger partial charge in [0.2, 0.25) is 0 Å². The van der Waals surface area contributed by atoms with Gasteiger partial charge in [0, 0.05) is 37.8 Å². The van der Waals surface area contributed by atoms with E-state index in [1.54, 1.807) is 0 Å². The first kappa shape index (κ1) is 18.1. The minimum absolute atomic E-state index is 0.0120. The molecule has 0 N–H and O–H groups in total. The molecule has 8 nitrogen and oxygen atoms in total. The quantitative estimate of drug-likeness (QED) is 0.603. The van der Waals surface area contributed by atoms with E-state index in [9.17, 15) is 14.4 Å². The molecule has 0 aromatic carbocycles. The molecule has 3 aromatic rings. The molecule has 29 heavy (non-hydrogen) atoms. The van der Waals surface area contributed by atoms with Crippen molar-refractivity contribution < 1.29 is 4.79 Å². The van der Waals surface area contributed by atoms with Gasteiger partial charge in [0.05, 0.1) is 12.0 Å². The topological polar surface area (TPSA) is 82.1 Å². The highest BCUT2D eigenvalue weighted by molar-refractivity contribution is 7.09. The number of hydrogen-bond acceptors (Lipinski definition) is 5. The number of nitrogens with zero attached hydrogens (tertiary/aromatic N) is 5. The van der Waals surface area contributed by atoms with Gasteiger partial charge in [-0.25, -0.2) is 4.68 Å². The summed E-state index contributed by atoms with van der Waals surface area (Å²) < 4.78 is 4.62. The first-order chi connectivity index (χ1) is 14.0. The lowest BCUT2D eigenvalue weighted by Crippen LogP contribution is -2.45. The van der Waals surface area contributed by atoms with Crippen molar-refractivity contribution in [1.29, 1.82) is 0 Å². The fraction of sp³-hybridized carbons (Fsp3) is 0.400. The summed E-state index contributed by atoms with van der Waals surface area (Å²) in [6.45, 7) is 1.90. The number of amides is 1. The van der Waals surface area contributed by atoms with Gasteiger partial charge in [-0.1, -0.05) is 6.07 Å². The third kappa shape index (κ3) is 2.79. The summed E-state index contributed by atoms with van der Waals surface area (Å²) in [7, 11) is 1.86. The number of aromatic nitrogens is 4. The highest BCUT2D eigenvalue weighted by atomic mass is 32.1. The summed E-state index contributed by atoms with van der Waals surface area (Å²) in [5, 5.41) is 6.57. The van der Waals surface area contributed by atoms with Crippen LogP contribution in [0.2, 0.25) is 0 Å². The maximum atomic E-state index is 12.9. The molecule has 0 radical (unpaired) electrons. The van der Waals surface area contributed by atoms with Crippen LogP contribution in [-0.2, 0) is 25.6 Å². The third-order valence-corrected chi connectivity index (χ3v) is 6.97. The number of rotatable bonds is 3. The van der Waals surface area contributed by atoms with E-state index < -0.39 is 11.1 Å². The number of hydrogen-bond donors (Lipinski definition) is 0. The Morgan fingerprint density at radius 3 is 2.72 bits per heavy atom. The largest absolute Gasteiger partial charge is 0.347 e. The number of likely N-dealkylation sites (tertiary alicyclic amines) is 1. The Bertz CT molecular complexity index is 1210. The van der Waals surface area contributed by atoms with Crippen molar-refractivity contribution in [3.63, 3.8) is 0 Å². The molecular weight excluding hydrogens is 390 g/mol. The van der Waals surface area contributed by atoms with E-state index >= 15 is 0 Å². The number of fused-ring (bicyclic) bond motifs is 2. The van der Waals surface area contributed by atoms with Crippen molar-refractivity contribution in [2.75, 3.05) is 13.1 Å². The minimum Gasteiger partial charge on any atom is -0.347 e. The van der Waals surface area contributed by atoms with E-state index in [2.05, 4.69) is 5.10 Å². The highest BCUT2D eigenvalue weighted by Crippen LogP contribution is 2.40. The van der Waals surface area contributed by atoms with Gasteiger partial charge in [-0.3, -0.25) is 19.0 Å². The molecule has 0 saturated carbocycles. The molecule has 5 rings (SSSR count). The molecule has 9 heteroatoms. The molecule has 1 fully saturated rings. The maximum absolute atomic E-state index is 12.9. The van der Waals surface area contributed by atoms with Crippen LogP contribution in [0.25, 0.3) is 0 Å². The maximum Gasteiger partial charge on any atom is 0.332 e. The third-order valence-electron chi connectivity index (χ3n) is 6.11. The summed E-state index contributed by atoms with van der Waals surface area (Å²) in [6, 6.07) is 7.51. The molecule has 0 aliphatic carbocycles. The van der Waals surface area contributed by atoms with Gasteiger partial charge in [-0.2, -0.15) is 5.10 Å². The van der Waals surface area contributed by atoms with E-state index in [1.165, 1.54) is 20.6 Å². The van der Waals surface area contributed by atoms with Gasteiger partial charge in [-0.05, 0) is 36.4 Å². The summed E-state index contributed by atoms with van der Waals surface area (Å²) >= 11 is 1.53. The minimum atomic E-state index is -0.589. The molecular formula is C20H21N5O3S. The molecule has 2 aliphatic rings. The monoisotopic (exact) mass is 411 g/mol. The Morgan fingerprint density at radius 1 is 1.17 bits per heavy atom. The first-order valence-electron chi connectivity index (χ1n) is 9.64. The van der Waals surface area contributed by atoms with Gasteiger partial charge >= 0.3 is 11.1 Å². The normalized spacial score (nSPS) is 20.5. The molecule has 150 valence electrons. The van der Waals surface area contributed by atoms with Crippen molar-refractivity contribution in [1.82, 2.24) is 23.8 Å². The van der Waals surface area contributed by atoms with E-state index in [0.717, 1.165) is 11.3 Å². The number of aryl methyl sites for hydroxylation is 1. The Kier molecular flexibility index (Phi) is 4.09. The van der Waals surface area contributed by atoms with E-state index in [4.69, 9.17) is 0 Å². The Hall–Kier alpha value is -2.94. The molecule has 1 atom stereocenters. The number of thiophene rings is 1. The number of carbonyl (C=O) groups excluding carboxylic acids is 1. The Balaban J connectivity index is 1.50. The molecule has 1 saturated heterocycles. The van der Waals surface area contributed by atoms with Crippen LogP contribution >= 0.6 is 11.3 Å². The molecule has 5 heterocycles. The van der Waals surface area contributed by atoms with Gasteiger partial charge in [0.25, 0.3) is 5.91 Å². The zero-order valence-corrected chi connectivity index (χ0v) is 16.9. The fourth-order valence-electron chi connectivity index (χ4n) is 4.51. The van der Waals surface area contributed by atoms with E-state index in [1.807, 2.05) is 52.4 Å². The Morgan fingerprint density at radius 2 is 2.00 bits per heavy atom. The fourth-order valence-corrected chi connectivity index (χ4v) is 5.19. The second-order valence-electron chi connectivity index (χ2n) is 7.83. The lowest BCUT2D eigenvalue weighted by Gasteiger charge is -2.23. The van der Waals surface area contributed by atoms with Gasteiger partial charge < -0.3 is 9.47 Å². The second-order valence-corrected chi connectivity index (χ2v) is 8.87. The molecule has 0 bridgehead atoms. The molecule has 2 aliphatic heterocycles. The summed E-state index contributed by atoms with van der Waals surface area (Å²) in [6.07, 6.45) is 3.32. The zero-order chi connectivity index (χ0) is 20.2. The highest BCUT2D eigenvalue weighted by Gasteiger charge is 2.48. The predicted octanol–water partition coefficient (Wildman–Crippen LogP) is 1.04. The summed E-state index contributed by atoms with van der Waals surface area (Å²) in [4.78, 5) is 41.0. The van der Waals surface area contributed by atoms with Crippen LogP contribution in [0.5, 0.6) is 0 Å². The predicted molar refractivity (Wildman–Crippen MR) is 108 cm³/mol. The van der Waals surface area contributed by atoms with Crippen molar-refractivity contribution in [3.8, 4) is 0 Å². The molecule has 1 unspecified atom stereocenters. The van der Waals surface area contributed by atoms with Crippen LogP contribution in [0.15, 0.2) is 45.4 Å². The SMILES string of the molecule is Cn1cccc1C(=O)N1CCC2(CCn3c2nn(Cc2cccs2)c(=O)c3=O)C1. The second kappa shape index (κ2) is 6.55. The van der Waals surface area contributed by atoms with Crippen molar-refractivity contribution in [2.24, 2.45) is 7.05 Å². The van der Waals surface area contributed by atoms with Gasteiger partial charge in [0.15, 0.2) is 0 Å². The smallest absolute Gasteiger partial charge is 0.332 e. The standard InChI is InChI=1S/C20H21N5O3S/c1-22-8-2-5-15(22)16(26)23-9-6-20(13-23)7-10-24-17(27)18(28)25(21-19(20)24)12-14-4-3-11-29-14/h2-5,8,11H,6-7,9-10,12-13H2,1H3. The average Bonchev–Trinajstić information content (AvgIpc) is 3.49. The van der Waals surface area contributed by atoms with Crippen molar-refractivity contribution in [3.05, 3.63) is 72.9 Å². The molecule has 1 amide bonds. The molecule has 1 spiro atoms. The number of carbonyl (C=O) groups is 1. The van der Waals surface area contributed by atoms with Crippen molar-refractivity contribution >= 4 is 17.2 Å². The summed E-state index contributed by atoms with van der Waals surface area (Å²) in [5.74, 6) is 0.628. The van der Waals surface area contributed by atoms with Gasteiger partial charge in [-0.15, -0.1) is 11.3 Å². The van der Waals surface area contributed by atoms with Crippen LogP contribution in [-0.4, -0.2) is 42.8 Å². The first-order valence-corrected chi connectivity index (χ1v) is 10.5. The van der Waals surface area contributed by atoms with Gasteiger partial charge in [0.1, 0.15) is 11.5 Å². The van der Waals surface area contributed by atoms with E-state index in [0.29, 0.717) is 44.1 Å². The lowest BCUT2D eigenvalue weighted by atomic mass is 9.85. The van der Waals surface area contributed by atoms with Crippen LogP contribution in [0.3, 0.4) is 0 Å². The summed E-state index contributed by atoms with van der Waals surface area (Å²) in [5.41, 5.74) is -0.831. The van der Waals surface area contributed by atoms with Crippen molar-refractivity contribution in [2.45, 2.75) is 31.3 Å². The van der Waals surface area contributed by atoms with Crippen LogP contribution in [0.4, 0.5) is 0 Å². The van der Waals surface area contributed by atoms with Crippen LogP contribution < -0.4 is 11.1 Å². The lowest BCUT2D eigenvalue weighted by molar-refractivity contribution is 0.0773. The molecule has 3 aromatic heterocycles. The Labute approximate surface area is 170 Å². The van der Waals surface area contributed by atoms with Crippen LogP contribution in [0.1, 0.15) is 34.0 Å². The van der Waals surface area contributed by atoms with E-state index in [-0.39, 0.29) is 11.3 Å².